The molecule has 2 aromatic rings. The first kappa shape index (κ1) is 18.4. The van der Waals surface area contributed by atoms with Crippen LogP contribution >= 0.6 is 11.6 Å². The first-order valence-electron chi connectivity index (χ1n) is 8.23. The summed E-state index contributed by atoms with van der Waals surface area (Å²) in [6.07, 6.45) is 0. The molecule has 0 spiro atoms. The van der Waals surface area contributed by atoms with Crippen LogP contribution in [-0.2, 0) is 14.6 Å². The van der Waals surface area contributed by atoms with Crippen LogP contribution in [0.25, 0.3) is 0 Å². The standard InChI is InChI=1S/C19H22ClNO3S/c1-3-24-12-19(21)17(14-6-4-13(2)5-7-14)18(19)25(22,23)16-10-8-15(20)9-11-16/h4-11,17-18H,3,12,21H2,1-2H3/t17-,18-,19-/m0/s1. The SMILES string of the molecule is CCOC[C@]1(N)[C@@H](c2ccc(C)cc2)[C@@H]1S(=O)(=O)c1ccc(Cl)cc1. The summed E-state index contributed by atoms with van der Waals surface area (Å²) in [5, 5.41) is -0.214. The van der Waals surface area contributed by atoms with Gasteiger partial charge in [-0.2, -0.15) is 0 Å². The molecule has 0 bridgehead atoms. The number of hydrogen-bond donors (Lipinski definition) is 1. The second kappa shape index (κ2) is 6.72. The van der Waals surface area contributed by atoms with E-state index in [2.05, 4.69) is 0 Å². The van der Waals surface area contributed by atoms with Gasteiger partial charge in [-0.25, -0.2) is 8.42 Å². The van der Waals surface area contributed by atoms with Gasteiger partial charge < -0.3 is 10.5 Å². The molecule has 1 aliphatic rings. The van der Waals surface area contributed by atoms with Crippen molar-refractivity contribution < 1.29 is 13.2 Å². The smallest absolute Gasteiger partial charge is 0.183 e. The quantitative estimate of drug-likeness (QED) is 0.835. The van der Waals surface area contributed by atoms with Gasteiger partial charge in [0.25, 0.3) is 0 Å². The van der Waals surface area contributed by atoms with E-state index in [0.29, 0.717) is 11.6 Å². The number of aryl methyl sites for hydroxylation is 1. The lowest BCUT2D eigenvalue weighted by molar-refractivity contribution is 0.125. The highest BCUT2D eigenvalue weighted by Crippen LogP contribution is 2.55. The highest BCUT2D eigenvalue weighted by Gasteiger charge is 2.69. The number of benzene rings is 2. The van der Waals surface area contributed by atoms with Gasteiger partial charge in [-0.3, -0.25) is 0 Å². The van der Waals surface area contributed by atoms with Crippen molar-refractivity contribution in [2.75, 3.05) is 13.2 Å². The minimum Gasteiger partial charge on any atom is -0.380 e. The normalized spacial score (nSPS) is 25.8. The summed E-state index contributed by atoms with van der Waals surface area (Å²) in [5.41, 5.74) is 7.63. The molecule has 25 heavy (non-hydrogen) atoms. The maximum Gasteiger partial charge on any atom is 0.183 e. The zero-order chi connectivity index (χ0) is 18.2. The van der Waals surface area contributed by atoms with E-state index in [4.69, 9.17) is 22.1 Å². The van der Waals surface area contributed by atoms with Crippen LogP contribution in [0.2, 0.25) is 5.02 Å². The van der Waals surface area contributed by atoms with Crippen LogP contribution in [0.1, 0.15) is 24.0 Å². The monoisotopic (exact) mass is 379 g/mol. The fourth-order valence-corrected chi connectivity index (χ4v) is 5.79. The van der Waals surface area contributed by atoms with Crippen LogP contribution in [0, 0.1) is 6.92 Å². The molecule has 0 aromatic heterocycles. The van der Waals surface area contributed by atoms with Crippen LogP contribution < -0.4 is 5.73 Å². The fraction of sp³-hybridized carbons (Fsp3) is 0.368. The predicted octanol–water partition coefficient (Wildman–Crippen LogP) is 3.32. The molecule has 6 heteroatoms. The van der Waals surface area contributed by atoms with Gasteiger partial charge in [-0.15, -0.1) is 0 Å². The van der Waals surface area contributed by atoms with Gasteiger partial charge in [0.1, 0.15) is 0 Å². The van der Waals surface area contributed by atoms with E-state index in [0.717, 1.165) is 11.1 Å². The van der Waals surface area contributed by atoms with Crippen molar-refractivity contribution in [3.63, 3.8) is 0 Å². The van der Waals surface area contributed by atoms with Crippen LogP contribution in [0.15, 0.2) is 53.4 Å². The van der Waals surface area contributed by atoms with Crippen molar-refractivity contribution in [3.05, 3.63) is 64.7 Å². The Kier molecular flexibility index (Phi) is 4.95. The molecule has 0 saturated heterocycles. The highest BCUT2D eigenvalue weighted by atomic mass is 35.5. The minimum absolute atomic E-state index is 0.208. The number of sulfone groups is 1. The molecule has 3 atom stereocenters. The molecule has 1 saturated carbocycles. The topological polar surface area (TPSA) is 69.4 Å². The first-order chi connectivity index (χ1) is 11.8. The Morgan fingerprint density at radius 2 is 1.72 bits per heavy atom. The van der Waals surface area contributed by atoms with Gasteiger partial charge in [0.15, 0.2) is 9.84 Å². The minimum atomic E-state index is -3.59. The van der Waals surface area contributed by atoms with E-state index in [1.54, 1.807) is 12.1 Å². The third kappa shape index (κ3) is 3.34. The molecule has 1 fully saturated rings. The Bertz CT molecular complexity index is 849. The average Bonchev–Trinajstić information content (AvgIpc) is 3.21. The largest absolute Gasteiger partial charge is 0.380 e. The van der Waals surface area contributed by atoms with Gasteiger partial charge in [-0.05, 0) is 43.7 Å². The summed E-state index contributed by atoms with van der Waals surface area (Å²) >= 11 is 5.88. The zero-order valence-electron chi connectivity index (χ0n) is 14.3. The summed E-state index contributed by atoms with van der Waals surface area (Å²) in [5.74, 6) is -0.291. The van der Waals surface area contributed by atoms with E-state index in [9.17, 15) is 8.42 Å². The average molecular weight is 380 g/mol. The Hall–Kier alpha value is -1.40. The molecule has 1 aliphatic carbocycles. The van der Waals surface area contributed by atoms with Crippen molar-refractivity contribution in [2.24, 2.45) is 5.73 Å². The maximum atomic E-state index is 13.2. The third-order valence-electron chi connectivity index (χ3n) is 4.77. The maximum absolute atomic E-state index is 13.2. The number of nitrogens with two attached hydrogens (primary N) is 1. The van der Waals surface area contributed by atoms with Crippen LogP contribution in [-0.4, -0.2) is 32.4 Å². The number of ether oxygens (including phenoxy) is 1. The molecule has 0 amide bonds. The van der Waals surface area contributed by atoms with E-state index < -0.39 is 20.6 Å². The lowest BCUT2D eigenvalue weighted by Crippen LogP contribution is -2.36. The fourth-order valence-electron chi connectivity index (χ4n) is 3.37. The molecule has 0 aliphatic heterocycles. The lowest BCUT2D eigenvalue weighted by Gasteiger charge is -2.12. The predicted molar refractivity (Wildman–Crippen MR) is 99.8 cm³/mol. The van der Waals surface area contributed by atoms with E-state index >= 15 is 0 Å². The molecule has 0 heterocycles. The van der Waals surface area contributed by atoms with Gasteiger partial charge >= 0.3 is 0 Å². The molecule has 0 unspecified atom stereocenters. The Balaban J connectivity index is 1.99. The Morgan fingerprint density at radius 3 is 2.28 bits per heavy atom. The van der Waals surface area contributed by atoms with E-state index in [1.807, 2.05) is 38.1 Å². The van der Waals surface area contributed by atoms with Crippen molar-refractivity contribution in [1.82, 2.24) is 0 Å². The molecular weight excluding hydrogens is 358 g/mol. The molecular formula is C19H22ClNO3S. The summed E-state index contributed by atoms with van der Waals surface area (Å²) < 4.78 is 31.8. The van der Waals surface area contributed by atoms with Crippen molar-refractivity contribution in [2.45, 2.75) is 35.4 Å². The van der Waals surface area contributed by atoms with Gasteiger partial charge in [0.2, 0.25) is 0 Å². The second-order valence-electron chi connectivity index (χ2n) is 6.56. The van der Waals surface area contributed by atoms with Crippen LogP contribution in [0.5, 0.6) is 0 Å². The molecule has 2 N–H and O–H groups in total. The van der Waals surface area contributed by atoms with Crippen molar-refractivity contribution in [1.29, 1.82) is 0 Å². The molecule has 4 nitrogen and oxygen atoms in total. The highest BCUT2D eigenvalue weighted by molar-refractivity contribution is 7.92. The molecule has 2 aromatic carbocycles. The van der Waals surface area contributed by atoms with Crippen molar-refractivity contribution >= 4 is 21.4 Å². The molecule has 3 rings (SSSR count). The number of halogens is 1. The summed E-state index contributed by atoms with van der Waals surface area (Å²) in [4.78, 5) is 0.239. The molecule has 0 radical (unpaired) electrons. The number of rotatable bonds is 6. The first-order valence-corrected chi connectivity index (χ1v) is 10.2. The van der Waals surface area contributed by atoms with Crippen LogP contribution in [0.4, 0.5) is 0 Å². The van der Waals surface area contributed by atoms with E-state index in [1.165, 1.54) is 12.1 Å². The van der Waals surface area contributed by atoms with Crippen molar-refractivity contribution in [3.8, 4) is 0 Å². The Morgan fingerprint density at radius 1 is 1.12 bits per heavy atom. The summed E-state index contributed by atoms with van der Waals surface area (Å²) in [6, 6.07) is 14.1. The Labute approximate surface area is 153 Å². The molecule has 134 valence electrons. The lowest BCUT2D eigenvalue weighted by atomic mass is 10.1. The van der Waals surface area contributed by atoms with Gasteiger partial charge in [0.05, 0.1) is 22.3 Å². The van der Waals surface area contributed by atoms with Gasteiger partial charge in [0, 0.05) is 17.5 Å². The van der Waals surface area contributed by atoms with Crippen LogP contribution in [0.3, 0.4) is 0 Å². The summed E-state index contributed by atoms with van der Waals surface area (Å²) in [6.45, 7) is 4.57. The zero-order valence-corrected chi connectivity index (χ0v) is 15.8. The number of hydrogen-bond acceptors (Lipinski definition) is 4. The second-order valence-corrected chi connectivity index (χ2v) is 9.06. The van der Waals surface area contributed by atoms with Gasteiger partial charge in [-0.1, -0.05) is 41.4 Å². The van der Waals surface area contributed by atoms with E-state index in [-0.39, 0.29) is 17.4 Å². The third-order valence-corrected chi connectivity index (χ3v) is 7.33. The summed E-state index contributed by atoms with van der Waals surface area (Å²) in [7, 11) is -3.59.